The van der Waals surface area contributed by atoms with Crippen molar-refractivity contribution in [2.75, 3.05) is 5.75 Å². The fourth-order valence-electron chi connectivity index (χ4n) is 2.95. The molecule has 0 unspecified atom stereocenters. The fourth-order valence-corrected chi connectivity index (χ4v) is 5.16. The highest BCUT2D eigenvalue weighted by atomic mass is 32.2. The molecule has 0 bridgehead atoms. The summed E-state index contributed by atoms with van der Waals surface area (Å²) in [5.74, 6) is 2.68. The highest BCUT2D eigenvalue weighted by molar-refractivity contribution is 7.99. The van der Waals surface area contributed by atoms with Crippen LogP contribution in [0.3, 0.4) is 0 Å². The van der Waals surface area contributed by atoms with Crippen LogP contribution >= 0.6 is 23.1 Å². The molecule has 138 valence electrons. The SMILES string of the molecule is Cc1nc(SCCCc2nnnn2-c2ccccc2)c2c(C)c(C)sc2n1. The molecule has 4 aromatic rings. The Kier molecular flexibility index (Phi) is 5.18. The van der Waals surface area contributed by atoms with Gasteiger partial charge in [0.15, 0.2) is 5.82 Å². The number of hydrogen-bond donors (Lipinski definition) is 0. The van der Waals surface area contributed by atoms with Gasteiger partial charge in [-0.2, -0.15) is 4.68 Å². The molecule has 0 amide bonds. The van der Waals surface area contributed by atoms with Gasteiger partial charge in [0.2, 0.25) is 0 Å². The van der Waals surface area contributed by atoms with E-state index in [9.17, 15) is 0 Å². The fraction of sp³-hybridized carbons (Fsp3) is 0.316. The molecule has 0 saturated carbocycles. The van der Waals surface area contributed by atoms with Gasteiger partial charge < -0.3 is 0 Å². The lowest BCUT2D eigenvalue weighted by Gasteiger charge is -2.06. The molecule has 3 aromatic heterocycles. The number of aromatic nitrogens is 6. The molecule has 3 heterocycles. The minimum Gasteiger partial charge on any atom is -0.226 e. The largest absolute Gasteiger partial charge is 0.226 e. The second-order valence-corrected chi connectivity index (χ2v) is 8.62. The van der Waals surface area contributed by atoms with Gasteiger partial charge in [-0.15, -0.1) is 28.2 Å². The summed E-state index contributed by atoms with van der Waals surface area (Å²) >= 11 is 3.54. The third-order valence-corrected chi connectivity index (χ3v) is 6.59. The molecular formula is C19H20N6S2. The van der Waals surface area contributed by atoms with Crippen LogP contribution < -0.4 is 0 Å². The Bertz CT molecular complexity index is 1070. The van der Waals surface area contributed by atoms with Crippen LogP contribution in [-0.4, -0.2) is 35.9 Å². The summed E-state index contributed by atoms with van der Waals surface area (Å²) in [6, 6.07) is 9.99. The first-order chi connectivity index (χ1) is 13.1. The van der Waals surface area contributed by atoms with Gasteiger partial charge in [-0.05, 0) is 61.1 Å². The number of hydrogen-bond acceptors (Lipinski definition) is 7. The van der Waals surface area contributed by atoms with E-state index < -0.39 is 0 Å². The van der Waals surface area contributed by atoms with Gasteiger partial charge in [0.05, 0.1) is 5.69 Å². The molecule has 1 aromatic carbocycles. The van der Waals surface area contributed by atoms with Gasteiger partial charge in [0.1, 0.15) is 15.7 Å². The zero-order valence-electron chi connectivity index (χ0n) is 15.5. The average molecular weight is 397 g/mol. The number of fused-ring (bicyclic) bond motifs is 1. The second kappa shape index (κ2) is 7.74. The lowest BCUT2D eigenvalue weighted by molar-refractivity contribution is 0.747. The number of tetrazole rings is 1. The first-order valence-electron chi connectivity index (χ1n) is 8.83. The Morgan fingerprint density at radius 3 is 2.70 bits per heavy atom. The summed E-state index contributed by atoms with van der Waals surface area (Å²) in [6.45, 7) is 6.27. The molecule has 0 spiro atoms. The first kappa shape index (κ1) is 18.1. The number of aryl methyl sites for hydroxylation is 4. The maximum Gasteiger partial charge on any atom is 0.156 e. The lowest BCUT2D eigenvalue weighted by atomic mass is 10.2. The lowest BCUT2D eigenvalue weighted by Crippen LogP contribution is -2.03. The maximum absolute atomic E-state index is 4.69. The van der Waals surface area contributed by atoms with Gasteiger partial charge in [-0.25, -0.2) is 9.97 Å². The number of rotatable bonds is 6. The molecular weight excluding hydrogens is 376 g/mol. The van der Waals surface area contributed by atoms with Crippen LogP contribution in [0.1, 0.15) is 28.5 Å². The van der Waals surface area contributed by atoms with Crippen molar-refractivity contribution in [1.29, 1.82) is 0 Å². The van der Waals surface area contributed by atoms with Crippen LogP contribution in [0.5, 0.6) is 0 Å². The molecule has 4 rings (SSSR count). The van der Waals surface area contributed by atoms with Crippen molar-refractivity contribution in [2.45, 2.75) is 38.6 Å². The van der Waals surface area contributed by atoms with E-state index in [0.29, 0.717) is 0 Å². The van der Waals surface area contributed by atoms with Gasteiger partial charge in [0, 0.05) is 16.7 Å². The molecule has 8 heteroatoms. The number of benzene rings is 1. The van der Waals surface area contributed by atoms with Crippen LogP contribution in [0, 0.1) is 20.8 Å². The molecule has 27 heavy (non-hydrogen) atoms. The normalized spacial score (nSPS) is 11.4. The Labute approximate surface area is 166 Å². The summed E-state index contributed by atoms with van der Waals surface area (Å²) in [4.78, 5) is 11.7. The Morgan fingerprint density at radius 2 is 1.89 bits per heavy atom. The average Bonchev–Trinajstić information content (AvgIpc) is 3.24. The summed E-state index contributed by atoms with van der Waals surface area (Å²) < 4.78 is 1.81. The molecule has 6 nitrogen and oxygen atoms in total. The monoisotopic (exact) mass is 396 g/mol. The van der Waals surface area contributed by atoms with E-state index in [0.717, 1.165) is 45.8 Å². The molecule has 0 fully saturated rings. The van der Waals surface area contributed by atoms with Gasteiger partial charge in [-0.3, -0.25) is 0 Å². The van der Waals surface area contributed by atoms with Crippen molar-refractivity contribution in [2.24, 2.45) is 0 Å². The highest BCUT2D eigenvalue weighted by Gasteiger charge is 2.14. The van der Waals surface area contributed by atoms with Crippen molar-refractivity contribution in [1.82, 2.24) is 30.2 Å². The molecule has 0 saturated heterocycles. The zero-order chi connectivity index (χ0) is 18.8. The van der Waals surface area contributed by atoms with Gasteiger partial charge >= 0.3 is 0 Å². The number of nitrogens with zero attached hydrogens (tertiary/aromatic N) is 6. The number of thioether (sulfide) groups is 1. The quantitative estimate of drug-likeness (QED) is 0.275. The second-order valence-electron chi connectivity index (χ2n) is 6.33. The summed E-state index contributed by atoms with van der Waals surface area (Å²) in [6.07, 6.45) is 1.80. The topological polar surface area (TPSA) is 69.4 Å². The van der Waals surface area contributed by atoms with Gasteiger partial charge in [0.25, 0.3) is 0 Å². The van der Waals surface area contributed by atoms with Crippen LogP contribution in [0.25, 0.3) is 15.9 Å². The Morgan fingerprint density at radius 1 is 1.07 bits per heavy atom. The Balaban J connectivity index is 1.45. The molecule has 0 aliphatic carbocycles. The molecule has 0 aliphatic rings. The summed E-state index contributed by atoms with van der Waals surface area (Å²) in [7, 11) is 0. The smallest absolute Gasteiger partial charge is 0.156 e. The molecule has 0 radical (unpaired) electrons. The Hall–Kier alpha value is -2.32. The number of para-hydroxylation sites is 1. The zero-order valence-corrected chi connectivity index (χ0v) is 17.1. The van der Waals surface area contributed by atoms with Crippen molar-refractivity contribution >= 4 is 33.3 Å². The van der Waals surface area contributed by atoms with Crippen LogP contribution in [0.15, 0.2) is 35.4 Å². The van der Waals surface area contributed by atoms with Crippen LogP contribution in [-0.2, 0) is 6.42 Å². The predicted octanol–water partition coefficient (Wildman–Crippen LogP) is 4.32. The number of thiophene rings is 1. The highest BCUT2D eigenvalue weighted by Crippen LogP contribution is 2.35. The minimum absolute atomic E-state index is 0.823. The van der Waals surface area contributed by atoms with E-state index in [1.54, 1.807) is 23.1 Å². The van der Waals surface area contributed by atoms with E-state index in [1.165, 1.54) is 15.8 Å². The first-order valence-corrected chi connectivity index (χ1v) is 10.6. The van der Waals surface area contributed by atoms with Crippen molar-refractivity contribution in [3.63, 3.8) is 0 Å². The third-order valence-electron chi connectivity index (χ3n) is 4.43. The van der Waals surface area contributed by atoms with E-state index in [1.807, 2.05) is 41.9 Å². The van der Waals surface area contributed by atoms with Crippen molar-refractivity contribution in [3.8, 4) is 5.69 Å². The molecule has 0 atom stereocenters. The van der Waals surface area contributed by atoms with Crippen molar-refractivity contribution < 1.29 is 0 Å². The van der Waals surface area contributed by atoms with E-state index in [2.05, 4.69) is 39.3 Å². The van der Waals surface area contributed by atoms with Crippen LogP contribution in [0.4, 0.5) is 0 Å². The van der Waals surface area contributed by atoms with Crippen LogP contribution in [0.2, 0.25) is 0 Å². The van der Waals surface area contributed by atoms with Gasteiger partial charge in [-0.1, -0.05) is 18.2 Å². The maximum atomic E-state index is 4.69. The third kappa shape index (κ3) is 3.72. The molecule has 0 N–H and O–H groups in total. The predicted molar refractivity (Wildman–Crippen MR) is 110 cm³/mol. The molecule has 0 aliphatic heterocycles. The minimum atomic E-state index is 0.823. The van der Waals surface area contributed by atoms with E-state index >= 15 is 0 Å². The van der Waals surface area contributed by atoms with Crippen molar-refractivity contribution in [3.05, 3.63) is 52.4 Å². The summed E-state index contributed by atoms with van der Waals surface area (Å²) in [5, 5.41) is 14.4. The van der Waals surface area contributed by atoms with E-state index in [4.69, 9.17) is 0 Å². The standard InChI is InChI=1S/C19H20N6S2/c1-12-13(2)27-19-17(12)18(20-14(3)21-19)26-11-7-10-16-22-23-24-25(16)15-8-5-4-6-9-15/h4-6,8-9H,7,10-11H2,1-3H3. The summed E-state index contributed by atoms with van der Waals surface area (Å²) in [5.41, 5.74) is 2.29. The van der Waals surface area contributed by atoms with E-state index in [-0.39, 0.29) is 0 Å².